The van der Waals surface area contributed by atoms with Crippen LogP contribution in [0.3, 0.4) is 0 Å². The number of carbonyl (C=O) groups is 1. The molecule has 0 radical (unpaired) electrons. The van der Waals surface area contributed by atoms with Crippen LogP contribution in [0, 0.1) is 6.92 Å². The third-order valence-electron chi connectivity index (χ3n) is 5.40. The number of hydrogen-bond acceptors (Lipinski definition) is 4. The number of carboxylic acids is 1. The number of allylic oxidation sites excluding steroid dienone is 2. The van der Waals surface area contributed by atoms with Crippen LogP contribution < -0.4 is 42.0 Å². The van der Waals surface area contributed by atoms with Crippen LogP contribution in [-0.4, -0.2) is 26.2 Å². The van der Waals surface area contributed by atoms with Crippen molar-refractivity contribution >= 4 is 5.97 Å². The summed E-state index contributed by atoms with van der Waals surface area (Å²) in [5.74, 6) is -1.35. The van der Waals surface area contributed by atoms with Crippen LogP contribution in [0.4, 0.5) is 0 Å². The maximum absolute atomic E-state index is 10.3. The molecule has 1 aromatic heterocycles. The van der Waals surface area contributed by atoms with Crippen LogP contribution in [0.5, 0.6) is 5.75 Å². The second-order valence-corrected chi connectivity index (χ2v) is 7.22. The average molecular weight is 445 g/mol. The minimum Gasteiger partial charge on any atom is -1.00 e. The van der Waals surface area contributed by atoms with Gasteiger partial charge in [-0.25, -0.2) is 14.8 Å². The fraction of sp³-hybridized carbons (Fsp3) is 0.208. The average Bonchev–Trinajstić information content (AvgIpc) is 2.75. The molecule has 0 atom stereocenters. The van der Waals surface area contributed by atoms with Crippen molar-refractivity contribution in [3.63, 3.8) is 0 Å². The fourth-order valence-corrected chi connectivity index (χ4v) is 4.02. The van der Waals surface area contributed by atoms with Crippen LogP contribution >= 0.6 is 0 Å². The van der Waals surface area contributed by atoms with Gasteiger partial charge in [-0.2, -0.15) is 0 Å². The van der Waals surface area contributed by atoms with Gasteiger partial charge in [0.15, 0.2) is 11.4 Å². The van der Waals surface area contributed by atoms with E-state index >= 15 is 0 Å². The molecule has 2 aliphatic carbocycles. The largest absolute Gasteiger partial charge is 1.00 e. The summed E-state index contributed by atoms with van der Waals surface area (Å²) < 4.78 is 0. The third-order valence-corrected chi connectivity index (χ3v) is 5.40. The van der Waals surface area contributed by atoms with Crippen molar-refractivity contribution in [3.8, 4) is 16.9 Å². The second-order valence-electron chi connectivity index (χ2n) is 7.22. The summed E-state index contributed by atoms with van der Waals surface area (Å²) in [4.78, 5) is 17.4. The third kappa shape index (κ3) is 5.36. The number of aryl methyl sites for hydroxylation is 2. The molecule has 1 heterocycles. The minimum absolute atomic E-state index is 0. The van der Waals surface area contributed by atoms with E-state index in [0.717, 1.165) is 19.0 Å². The second kappa shape index (κ2) is 10.9. The van der Waals surface area contributed by atoms with E-state index < -0.39 is 11.7 Å². The predicted molar refractivity (Wildman–Crippen MR) is 111 cm³/mol. The monoisotopic (exact) mass is 444 g/mol. The maximum atomic E-state index is 10.3. The Hall–Kier alpha value is -2.18. The number of carboxylic acid groups (broad SMARTS) is 1. The first kappa shape index (κ1) is 25.1. The summed E-state index contributed by atoms with van der Waals surface area (Å²) in [7, 11) is 0. The molecule has 5 nitrogen and oxygen atoms in total. The number of rotatable bonds is 1. The Morgan fingerprint density at radius 1 is 0.935 bits per heavy atom. The fourth-order valence-electron chi connectivity index (χ4n) is 4.02. The molecule has 2 N–H and O–H groups in total. The first-order valence-electron chi connectivity index (χ1n) is 9.67. The Balaban J connectivity index is 0.000000231. The molecule has 0 aliphatic heterocycles. The number of hydrogen-bond donors (Lipinski definition) is 2. The van der Waals surface area contributed by atoms with Gasteiger partial charge in [-0.15, -0.1) is 0 Å². The molecule has 0 amide bonds. The van der Waals surface area contributed by atoms with Gasteiger partial charge in [-0.1, -0.05) is 48.6 Å². The maximum Gasteiger partial charge on any atom is 1.00 e. The van der Waals surface area contributed by atoms with Gasteiger partial charge in [0.1, 0.15) is 5.82 Å². The molecule has 31 heavy (non-hydrogen) atoms. The molecule has 0 fully saturated rings. The molecule has 2 aliphatic rings. The molecular weight excluding hydrogens is 423 g/mol. The van der Waals surface area contributed by atoms with Crippen molar-refractivity contribution < 1.29 is 57.0 Å². The smallest absolute Gasteiger partial charge is 1.00 e. The summed E-state index contributed by atoms with van der Waals surface area (Å²) >= 11 is 0. The van der Waals surface area contributed by atoms with E-state index in [4.69, 9.17) is 10.2 Å². The van der Waals surface area contributed by atoms with Crippen LogP contribution in [0.15, 0.2) is 54.7 Å². The number of benzene rings is 2. The van der Waals surface area contributed by atoms with Crippen molar-refractivity contribution in [2.75, 3.05) is 0 Å². The van der Waals surface area contributed by atoms with Crippen LogP contribution in [-0.2, 0) is 25.7 Å². The topological polar surface area (TPSA) is 83.3 Å². The zero-order chi connectivity index (χ0) is 20.4. The molecule has 0 saturated carbocycles. The van der Waals surface area contributed by atoms with Crippen molar-refractivity contribution in [1.29, 1.82) is 0 Å². The zero-order valence-corrected chi connectivity index (χ0v) is 20.4. The van der Waals surface area contributed by atoms with Crippen LogP contribution in [0.1, 0.15) is 38.6 Å². The molecule has 0 saturated heterocycles. The molecule has 0 spiro atoms. The molecule has 0 bridgehead atoms. The first-order valence-corrected chi connectivity index (χ1v) is 9.67. The Morgan fingerprint density at radius 2 is 1.68 bits per heavy atom. The number of nitrogens with zero attached hydrogens (tertiary/aromatic N) is 2. The minimum atomic E-state index is -1.26. The van der Waals surface area contributed by atoms with E-state index in [2.05, 4.69) is 58.5 Å². The van der Waals surface area contributed by atoms with Gasteiger partial charge >= 0.3 is 35.5 Å². The van der Waals surface area contributed by atoms with Crippen molar-refractivity contribution in [2.45, 2.75) is 32.6 Å². The normalized spacial score (nSPS) is 12.5. The summed E-state index contributed by atoms with van der Waals surface area (Å²) in [6, 6.07) is 13.5. The van der Waals surface area contributed by atoms with E-state index in [1.807, 2.05) is 0 Å². The van der Waals surface area contributed by atoms with Gasteiger partial charge in [-0.3, -0.25) is 0 Å². The Labute approximate surface area is 210 Å². The van der Waals surface area contributed by atoms with Gasteiger partial charge in [-0.05, 0) is 66.0 Å². The molecule has 7 heteroatoms. The van der Waals surface area contributed by atoms with Gasteiger partial charge in [0.05, 0.1) is 6.20 Å². The molecule has 2 aromatic carbocycles. The molecular formula is C24H22ClN2NaO3. The summed E-state index contributed by atoms with van der Waals surface area (Å²) in [6.45, 7) is 1.55. The Kier molecular flexibility index (Phi) is 8.83. The molecule has 154 valence electrons. The Morgan fingerprint density at radius 3 is 2.42 bits per heavy atom. The number of fused-ring (bicyclic) bond motifs is 5. The van der Waals surface area contributed by atoms with Crippen molar-refractivity contribution in [1.82, 2.24) is 9.97 Å². The van der Waals surface area contributed by atoms with E-state index in [1.54, 1.807) is 18.1 Å². The molecule has 3 aromatic rings. The van der Waals surface area contributed by atoms with Crippen LogP contribution in [0.2, 0.25) is 0 Å². The van der Waals surface area contributed by atoms with E-state index in [1.165, 1.54) is 35.1 Å². The number of aromatic carboxylic acids is 1. The number of aromatic hydroxyl groups is 1. The van der Waals surface area contributed by atoms with E-state index in [9.17, 15) is 4.79 Å². The molecule has 0 unspecified atom stereocenters. The SMILES string of the molecule is C1=CCc2c(ccc3c2CCc2ccccc2-3)C1.Cc1ncc(O)c(C(=O)O)n1.[Cl-].[Na+]. The van der Waals surface area contributed by atoms with E-state index in [-0.39, 0.29) is 47.7 Å². The van der Waals surface area contributed by atoms with Gasteiger partial charge in [0.25, 0.3) is 0 Å². The standard InChI is InChI=1S/C18H16.C6H6N2O3.ClH.Na/c1-3-7-15-13(5-1)9-11-18-16-8-4-2-6-14(16)10-12-17(15)18;1-3-7-2-4(9)5(8-3)6(10)11;;/h1-5,7,10,12H,6,8-9,11H2;2,9H,1H3,(H,10,11);1H;/q;;;+1/p-1. The Bertz CT molecular complexity index is 1130. The summed E-state index contributed by atoms with van der Waals surface area (Å²) in [5, 5.41) is 17.3. The van der Waals surface area contributed by atoms with Crippen molar-refractivity contribution in [3.05, 3.63) is 88.5 Å². The van der Waals surface area contributed by atoms with E-state index in [0.29, 0.717) is 5.82 Å². The predicted octanol–water partition coefficient (Wildman–Crippen LogP) is -1.70. The summed E-state index contributed by atoms with van der Waals surface area (Å²) in [5.41, 5.74) is 8.83. The van der Waals surface area contributed by atoms with Gasteiger partial charge in [0.2, 0.25) is 0 Å². The van der Waals surface area contributed by atoms with Gasteiger partial charge in [0, 0.05) is 0 Å². The number of halogens is 1. The zero-order valence-electron chi connectivity index (χ0n) is 17.6. The molecule has 5 rings (SSSR count). The quantitative estimate of drug-likeness (QED) is 0.345. The van der Waals surface area contributed by atoms with Crippen LogP contribution in [0.25, 0.3) is 11.1 Å². The van der Waals surface area contributed by atoms with Crippen molar-refractivity contribution in [2.24, 2.45) is 0 Å². The first-order chi connectivity index (χ1) is 14.0. The summed E-state index contributed by atoms with van der Waals surface area (Å²) in [6.07, 6.45) is 10.3. The van der Waals surface area contributed by atoms with Gasteiger partial charge < -0.3 is 22.6 Å². The number of aromatic nitrogens is 2.